The van der Waals surface area contributed by atoms with Crippen LogP contribution < -0.4 is 14.8 Å². The largest absolute Gasteiger partial charge is 0.493 e. The molecule has 0 unspecified atom stereocenters. The van der Waals surface area contributed by atoms with E-state index in [1.165, 1.54) is 5.57 Å². The van der Waals surface area contributed by atoms with Gasteiger partial charge in [-0.1, -0.05) is 37.6 Å². The second-order valence-corrected chi connectivity index (χ2v) is 4.02. The highest BCUT2D eigenvalue weighted by atomic mass is 16.5. The molecule has 0 aliphatic heterocycles. The predicted octanol–water partition coefficient (Wildman–Crippen LogP) is 3.11. The van der Waals surface area contributed by atoms with Crippen molar-refractivity contribution in [2.75, 3.05) is 27.3 Å². The van der Waals surface area contributed by atoms with Crippen molar-refractivity contribution in [3.05, 3.63) is 29.3 Å². The summed E-state index contributed by atoms with van der Waals surface area (Å²) in [6.45, 7) is 6.16. The summed E-state index contributed by atoms with van der Waals surface area (Å²) < 4.78 is 10.7. The average molecular weight is 249 g/mol. The molecule has 0 bridgehead atoms. The molecule has 100 valence electrons. The van der Waals surface area contributed by atoms with Gasteiger partial charge < -0.3 is 14.8 Å². The highest BCUT2D eigenvalue weighted by Gasteiger charge is 2.07. The second kappa shape index (κ2) is 7.77. The van der Waals surface area contributed by atoms with E-state index in [4.69, 9.17) is 9.47 Å². The Hall–Kier alpha value is -1.48. The van der Waals surface area contributed by atoms with Gasteiger partial charge in [-0.3, -0.25) is 0 Å². The topological polar surface area (TPSA) is 30.5 Å². The monoisotopic (exact) mass is 249 g/mol. The van der Waals surface area contributed by atoms with E-state index < -0.39 is 0 Å². The fraction of sp³-hybridized carbons (Fsp3) is 0.467. The molecule has 18 heavy (non-hydrogen) atoms. The Morgan fingerprint density at radius 3 is 2.56 bits per heavy atom. The molecule has 1 rings (SSSR count). The minimum Gasteiger partial charge on any atom is -0.493 e. The molecule has 1 aromatic rings. The number of methoxy groups -OCH3 is 2. The minimum atomic E-state index is 0.769. The fourth-order valence-electron chi connectivity index (χ4n) is 1.81. The summed E-state index contributed by atoms with van der Waals surface area (Å²) in [4.78, 5) is 0. The molecule has 0 aliphatic carbocycles. The molecule has 1 aromatic carbocycles. The lowest BCUT2D eigenvalue weighted by Gasteiger charge is -2.12. The van der Waals surface area contributed by atoms with Crippen molar-refractivity contribution >= 4 is 6.08 Å². The van der Waals surface area contributed by atoms with E-state index in [0.29, 0.717) is 0 Å². The van der Waals surface area contributed by atoms with Crippen LogP contribution in [0.15, 0.2) is 23.8 Å². The SMILES string of the molecule is CCNCC(=Cc1cccc(OC)c1OC)CC. The maximum atomic E-state index is 5.43. The van der Waals surface area contributed by atoms with E-state index in [1.54, 1.807) is 14.2 Å². The molecule has 3 nitrogen and oxygen atoms in total. The molecule has 0 spiro atoms. The number of hydrogen-bond acceptors (Lipinski definition) is 3. The standard InChI is InChI=1S/C15H23NO2/c1-5-12(11-16-6-2)10-13-8-7-9-14(17-3)15(13)18-4/h7-10,16H,5-6,11H2,1-4H3. The molecule has 0 aromatic heterocycles. The Morgan fingerprint density at radius 1 is 1.22 bits per heavy atom. The molecule has 0 radical (unpaired) electrons. The lowest BCUT2D eigenvalue weighted by atomic mass is 10.1. The molecule has 0 heterocycles. The molecule has 0 fully saturated rings. The first kappa shape index (κ1) is 14.6. The van der Waals surface area contributed by atoms with Crippen LogP contribution in [-0.2, 0) is 0 Å². The van der Waals surface area contributed by atoms with Crippen molar-refractivity contribution < 1.29 is 9.47 Å². The van der Waals surface area contributed by atoms with Gasteiger partial charge in [-0.25, -0.2) is 0 Å². The van der Waals surface area contributed by atoms with Crippen LogP contribution in [0.1, 0.15) is 25.8 Å². The van der Waals surface area contributed by atoms with Crippen LogP contribution in [0.5, 0.6) is 11.5 Å². The zero-order valence-corrected chi connectivity index (χ0v) is 11.7. The summed E-state index contributed by atoms with van der Waals surface area (Å²) in [5.41, 5.74) is 2.41. The van der Waals surface area contributed by atoms with E-state index in [9.17, 15) is 0 Å². The van der Waals surface area contributed by atoms with Gasteiger partial charge in [-0.05, 0) is 19.0 Å². The number of likely N-dealkylation sites (N-methyl/N-ethyl adjacent to an activating group) is 1. The number of para-hydroxylation sites is 1. The molecule has 0 saturated heterocycles. The third kappa shape index (κ3) is 3.77. The maximum absolute atomic E-state index is 5.43. The van der Waals surface area contributed by atoms with Gasteiger partial charge in [0.25, 0.3) is 0 Å². The Kier molecular flexibility index (Phi) is 6.29. The van der Waals surface area contributed by atoms with Gasteiger partial charge in [0.15, 0.2) is 11.5 Å². The van der Waals surface area contributed by atoms with Crippen molar-refractivity contribution in [1.82, 2.24) is 5.32 Å². The van der Waals surface area contributed by atoms with Gasteiger partial charge in [0, 0.05) is 12.1 Å². The second-order valence-electron chi connectivity index (χ2n) is 4.02. The van der Waals surface area contributed by atoms with Gasteiger partial charge in [-0.2, -0.15) is 0 Å². The highest BCUT2D eigenvalue weighted by Crippen LogP contribution is 2.32. The van der Waals surface area contributed by atoms with E-state index in [-0.39, 0.29) is 0 Å². The van der Waals surface area contributed by atoms with Crippen molar-refractivity contribution in [2.24, 2.45) is 0 Å². The highest BCUT2D eigenvalue weighted by molar-refractivity contribution is 5.64. The van der Waals surface area contributed by atoms with Crippen LogP contribution in [0, 0.1) is 0 Å². The molecule has 0 amide bonds. The molecular weight excluding hydrogens is 226 g/mol. The first-order valence-corrected chi connectivity index (χ1v) is 6.37. The summed E-state index contributed by atoms with van der Waals surface area (Å²) in [6, 6.07) is 5.93. The summed E-state index contributed by atoms with van der Waals surface area (Å²) in [5, 5.41) is 3.35. The Labute approximate surface area is 110 Å². The van der Waals surface area contributed by atoms with Gasteiger partial charge in [0.1, 0.15) is 0 Å². The molecule has 0 atom stereocenters. The van der Waals surface area contributed by atoms with E-state index in [0.717, 1.165) is 36.6 Å². The summed E-state index contributed by atoms with van der Waals surface area (Å²) in [6.07, 6.45) is 3.19. The molecule has 3 heteroatoms. The van der Waals surface area contributed by atoms with Crippen LogP contribution in [0.25, 0.3) is 6.08 Å². The smallest absolute Gasteiger partial charge is 0.167 e. The Morgan fingerprint density at radius 2 is 2.00 bits per heavy atom. The predicted molar refractivity (Wildman–Crippen MR) is 76.4 cm³/mol. The Balaban J connectivity index is 3.03. The van der Waals surface area contributed by atoms with Gasteiger partial charge in [0.2, 0.25) is 0 Å². The number of nitrogens with one attached hydrogen (secondary N) is 1. The quantitative estimate of drug-likeness (QED) is 0.805. The normalized spacial score (nSPS) is 11.4. The van der Waals surface area contributed by atoms with Gasteiger partial charge >= 0.3 is 0 Å². The first-order chi connectivity index (χ1) is 8.76. The number of rotatable bonds is 7. The zero-order valence-electron chi connectivity index (χ0n) is 11.7. The third-order valence-corrected chi connectivity index (χ3v) is 2.85. The molecule has 0 saturated carbocycles. The lowest BCUT2D eigenvalue weighted by Crippen LogP contribution is -2.15. The van der Waals surface area contributed by atoms with Crippen molar-refractivity contribution in [1.29, 1.82) is 0 Å². The van der Waals surface area contributed by atoms with Crippen LogP contribution in [-0.4, -0.2) is 27.3 Å². The summed E-state index contributed by atoms with van der Waals surface area (Å²) >= 11 is 0. The first-order valence-electron chi connectivity index (χ1n) is 6.37. The molecule has 1 N–H and O–H groups in total. The number of hydrogen-bond donors (Lipinski definition) is 1. The third-order valence-electron chi connectivity index (χ3n) is 2.85. The van der Waals surface area contributed by atoms with Gasteiger partial charge in [-0.15, -0.1) is 0 Å². The molecule has 0 aliphatic rings. The number of ether oxygens (including phenoxy) is 2. The van der Waals surface area contributed by atoms with Crippen LogP contribution >= 0.6 is 0 Å². The van der Waals surface area contributed by atoms with Gasteiger partial charge in [0.05, 0.1) is 14.2 Å². The van der Waals surface area contributed by atoms with E-state index >= 15 is 0 Å². The van der Waals surface area contributed by atoms with Crippen LogP contribution in [0.4, 0.5) is 0 Å². The van der Waals surface area contributed by atoms with Crippen molar-refractivity contribution in [3.63, 3.8) is 0 Å². The Bertz CT molecular complexity index is 399. The minimum absolute atomic E-state index is 0.769. The summed E-state index contributed by atoms with van der Waals surface area (Å²) in [7, 11) is 3.33. The van der Waals surface area contributed by atoms with Crippen molar-refractivity contribution in [3.8, 4) is 11.5 Å². The summed E-state index contributed by atoms with van der Waals surface area (Å²) in [5.74, 6) is 1.56. The average Bonchev–Trinajstić information content (AvgIpc) is 2.42. The van der Waals surface area contributed by atoms with Crippen molar-refractivity contribution in [2.45, 2.75) is 20.3 Å². The molecular formula is C15H23NO2. The zero-order chi connectivity index (χ0) is 13.4. The fourth-order valence-corrected chi connectivity index (χ4v) is 1.81. The lowest BCUT2D eigenvalue weighted by molar-refractivity contribution is 0.354. The van der Waals surface area contributed by atoms with E-state index in [2.05, 4.69) is 25.2 Å². The van der Waals surface area contributed by atoms with Crippen LogP contribution in [0.3, 0.4) is 0 Å². The maximum Gasteiger partial charge on any atom is 0.167 e. The van der Waals surface area contributed by atoms with Crippen LogP contribution in [0.2, 0.25) is 0 Å². The number of benzene rings is 1. The van der Waals surface area contributed by atoms with E-state index in [1.807, 2.05) is 18.2 Å².